The molecule has 0 radical (unpaired) electrons. The Bertz CT molecular complexity index is 898. The Morgan fingerprint density at radius 2 is 1.97 bits per heavy atom. The highest BCUT2D eigenvalue weighted by atomic mass is 35.5. The van der Waals surface area contributed by atoms with Crippen molar-refractivity contribution in [3.63, 3.8) is 0 Å². The Balaban J connectivity index is 1.54. The van der Waals surface area contributed by atoms with Gasteiger partial charge in [0.05, 0.1) is 18.7 Å². The smallest absolute Gasteiger partial charge is 0.254 e. The molecular weight excluding hydrogens is 428 g/mol. The molecule has 1 aliphatic carbocycles. The fourth-order valence-electron chi connectivity index (χ4n) is 2.79. The molecule has 8 nitrogen and oxygen atoms in total. The zero-order chi connectivity index (χ0) is 21.5. The van der Waals surface area contributed by atoms with Crippen LogP contribution in [-0.2, 0) is 20.7 Å². The van der Waals surface area contributed by atoms with Crippen LogP contribution in [0.15, 0.2) is 29.6 Å². The van der Waals surface area contributed by atoms with Crippen LogP contribution in [0.2, 0.25) is 5.02 Å². The van der Waals surface area contributed by atoms with Gasteiger partial charge < -0.3 is 20.3 Å². The third-order valence-corrected chi connectivity index (χ3v) is 5.48. The number of halogens is 1. The minimum Gasteiger partial charge on any atom is -0.383 e. The summed E-state index contributed by atoms with van der Waals surface area (Å²) in [6.45, 7) is 0.816. The molecule has 10 heteroatoms. The number of hydrogen-bond acceptors (Lipinski definition) is 6. The Kier molecular flexibility index (Phi) is 7.78. The molecule has 1 aromatic heterocycles. The highest BCUT2D eigenvalue weighted by Crippen LogP contribution is 2.28. The van der Waals surface area contributed by atoms with Crippen LogP contribution in [0, 0.1) is 0 Å². The van der Waals surface area contributed by atoms with E-state index in [0.717, 1.165) is 12.8 Å². The summed E-state index contributed by atoms with van der Waals surface area (Å²) in [4.78, 5) is 43.0. The average molecular weight is 451 g/mol. The molecule has 0 spiro atoms. The highest BCUT2D eigenvalue weighted by Gasteiger charge is 2.34. The quantitative estimate of drug-likeness (QED) is 0.541. The first-order valence-electron chi connectivity index (χ1n) is 9.52. The Hall–Kier alpha value is -2.49. The second-order valence-corrected chi connectivity index (χ2v) is 8.18. The summed E-state index contributed by atoms with van der Waals surface area (Å²) in [6.07, 6.45) is 1.89. The molecule has 1 aliphatic rings. The van der Waals surface area contributed by atoms with Crippen molar-refractivity contribution in [1.29, 1.82) is 0 Å². The molecule has 3 rings (SSSR count). The molecule has 2 aromatic rings. The molecule has 3 amide bonds. The number of aromatic nitrogens is 1. The van der Waals surface area contributed by atoms with E-state index in [1.54, 1.807) is 41.7 Å². The molecule has 1 saturated carbocycles. The van der Waals surface area contributed by atoms with Crippen LogP contribution < -0.4 is 10.6 Å². The van der Waals surface area contributed by atoms with Gasteiger partial charge in [-0.15, -0.1) is 11.3 Å². The summed E-state index contributed by atoms with van der Waals surface area (Å²) < 4.78 is 4.88. The molecule has 1 heterocycles. The number of ether oxygens (including phenoxy) is 1. The van der Waals surface area contributed by atoms with Gasteiger partial charge in [0.2, 0.25) is 11.8 Å². The van der Waals surface area contributed by atoms with Crippen molar-refractivity contribution in [2.75, 3.05) is 32.1 Å². The van der Waals surface area contributed by atoms with Crippen LogP contribution in [0.3, 0.4) is 0 Å². The zero-order valence-corrected chi connectivity index (χ0v) is 18.1. The highest BCUT2D eigenvalue weighted by molar-refractivity contribution is 7.13. The third kappa shape index (κ3) is 6.51. The lowest BCUT2D eigenvalue weighted by atomic mass is 10.2. The fourth-order valence-corrected chi connectivity index (χ4v) is 3.64. The van der Waals surface area contributed by atoms with E-state index in [-0.39, 0.29) is 36.7 Å². The molecule has 30 heavy (non-hydrogen) atoms. The van der Waals surface area contributed by atoms with E-state index in [2.05, 4.69) is 15.6 Å². The minimum absolute atomic E-state index is 0.0570. The number of nitrogens with zero attached hydrogens (tertiary/aromatic N) is 2. The molecule has 0 unspecified atom stereocenters. The topological polar surface area (TPSA) is 101 Å². The van der Waals surface area contributed by atoms with Crippen molar-refractivity contribution in [2.45, 2.75) is 25.3 Å². The summed E-state index contributed by atoms with van der Waals surface area (Å²) in [5, 5.41) is 8.11. The van der Waals surface area contributed by atoms with Gasteiger partial charge in [-0.1, -0.05) is 11.6 Å². The van der Waals surface area contributed by atoms with Gasteiger partial charge in [0, 0.05) is 35.7 Å². The SMILES string of the molecule is COCCNC(=O)Cc1csc(NC(=O)CN(C(=O)c2ccc(Cl)cc2)C2CC2)n1. The number of methoxy groups -OCH3 is 1. The van der Waals surface area contributed by atoms with Crippen LogP contribution >= 0.6 is 22.9 Å². The van der Waals surface area contributed by atoms with Crippen molar-refractivity contribution in [3.05, 3.63) is 45.9 Å². The Morgan fingerprint density at radius 3 is 2.63 bits per heavy atom. The lowest BCUT2D eigenvalue weighted by molar-refractivity contribution is -0.120. The van der Waals surface area contributed by atoms with E-state index in [1.807, 2.05) is 0 Å². The summed E-state index contributed by atoms with van der Waals surface area (Å²) >= 11 is 7.12. The van der Waals surface area contributed by atoms with Gasteiger partial charge in [-0.05, 0) is 37.1 Å². The maximum atomic E-state index is 12.8. The molecule has 2 N–H and O–H groups in total. The lowest BCUT2D eigenvalue weighted by Gasteiger charge is -2.21. The first-order chi connectivity index (χ1) is 14.5. The molecule has 0 atom stereocenters. The predicted octanol–water partition coefficient (Wildman–Crippen LogP) is 2.34. The Morgan fingerprint density at radius 1 is 1.23 bits per heavy atom. The molecule has 0 bridgehead atoms. The number of rotatable bonds is 10. The zero-order valence-electron chi connectivity index (χ0n) is 16.5. The number of benzene rings is 1. The van der Waals surface area contributed by atoms with Crippen molar-refractivity contribution in [3.8, 4) is 0 Å². The minimum atomic E-state index is -0.324. The summed E-state index contributed by atoms with van der Waals surface area (Å²) in [7, 11) is 1.56. The average Bonchev–Trinajstić information content (AvgIpc) is 3.47. The van der Waals surface area contributed by atoms with E-state index in [1.165, 1.54) is 11.3 Å². The lowest BCUT2D eigenvalue weighted by Crippen LogP contribution is -2.39. The summed E-state index contributed by atoms with van der Waals surface area (Å²) in [5.41, 5.74) is 1.07. The third-order valence-electron chi connectivity index (χ3n) is 4.42. The predicted molar refractivity (Wildman–Crippen MR) is 115 cm³/mol. The number of hydrogen-bond donors (Lipinski definition) is 2. The maximum Gasteiger partial charge on any atom is 0.254 e. The summed E-state index contributed by atoms with van der Waals surface area (Å²) in [6, 6.07) is 6.69. The first kappa shape index (κ1) is 22.2. The second-order valence-electron chi connectivity index (χ2n) is 6.88. The number of thiazole rings is 1. The maximum absolute atomic E-state index is 12.8. The molecule has 1 aromatic carbocycles. The molecule has 0 aliphatic heterocycles. The van der Waals surface area contributed by atoms with Crippen LogP contribution in [0.25, 0.3) is 0 Å². The normalized spacial score (nSPS) is 13.0. The van der Waals surface area contributed by atoms with Crippen LogP contribution in [0.5, 0.6) is 0 Å². The van der Waals surface area contributed by atoms with Crippen molar-refractivity contribution < 1.29 is 19.1 Å². The molecule has 160 valence electrons. The molecule has 0 saturated heterocycles. The fraction of sp³-hybridized carbons (Fsp3) is 0.400. The van der Waals surface area contributed by atoms with Gasteiger partial charge in [0.1, 0.15) is 6.54 Å². The van der Waals surface area contributed by atoms with Gasteiger partial charge >= 0.3 is 0 Å². The number of amides is 3. The van der Waals surface area contributed by atoms with Gasteiger partial charge in [0.25, 0.3) is 5.91 Å². The number of anilines is 1. The van der Waals surface area contributed by atoms with Crippen LogP contribution in [-0.4, -0.2) is 60.5 Å². The van der Waals surface area contributed by atoms with Crippen LogP contribution in [0.4, 0.5) is 5.13 Å². The number of carbonyl (C=O) groups is 3. The van der Waals surface area contributed by atoms with Gasteiger partial charge in [-0.2, -0.15) is 0 Å². The monoisotopic (exact) mass is 450 g/mol. The number of carbonyl (C=O) groups excluding carboxylic acids is 3. The summed E-state index contributed by atoms with van der Waals surface area (Å²) in [5.74, 6) is -0.685. The largest absolute Gasteiger partial charge is 0.383 e. The van der Waals surface area contributed by atoms with E-state index in [9.17, 15) is 14.4 Å². The number of nitrogens with one attached hydrogen (secondary N) is 2. The van der Waals surface area contributed by atoms with E-state index in [0.29, 0.717) is 34.6 Å². The van der Waals surface area contributed by atoms with E-state index >= 15 is 0 Å². The van der Waals surface area contributed by atoms with Gasteiger partial charge in [0.15, 0.2) is 5.13 Å². The molecule has 1 fully saturated rings. The Labute approximate surface area is 183 Å². The van der Waals surface area contributed by atoms with Crippen molar-refractivity contribution in [1.82, 2.24) is 15.2 Å². The molecular formula is C20H23ClN4O4S. The van der Waals surface area contributed by atoms with Gasteiger partial charge in [-0.25, -0.2) is 4.98 Å². The standard InChI is InChI=1S/C20H23ClN4O4S/c1-29-9-8-22-17(26)10-15-12-30-20(23-15)24-18(27)11-25(16-6-7-16)19(28)13-2-4-14(21)5-3-13/h2-5,12,16H,6-11H2,1H3,(H,22,26)(H,23,24,27). The second kappa shape index (κ2) is 10.5. The first-order valence-corrected chi connectivity index (χ1v) is 10.8. The van der Waals surface area contributed by atoms with Gasteiger partial charge in [-0.3, -0.25) is 14.4 Å². The van der Waals surface area contributed by atoms with E-state index in [4.69, 9.17) is 16.3 Å². The van der Waals surface area contributed by atoms with Crippen molar-refractivity contribution >= 4 is 45.8 Å². The van der Waals surface area contributed by atoms with Crippen molar-refractivity contribution in [2.24, 2.45) is 0 Å². The van der Waals surface area contributed by atoms with E-state index < -0.39 is 0 Å². The van der Waals surface area contributed by atoms with Crippen LogP contribution in [0.1, 0.15) is 28.9 Å².